The van der Waals surface area contributed by atoms with Gasteiger partial charge >= 0.3 is 0 Å². The standard InChI is InChI=1S/C24H27ClN4O5S.C24H28N4O5S/c1-3-4-21(30)20-13-18(14-26)22(27-24(20)34-2)29-11-9-17(10-12-29)23(31)28-35(32,33)15-16-5-7-19(25)8-6-16;1-3-7-21(29)20-14-19(15-25)22(26-24(20)33-2)28-12-10-18(11-13-28)23(30)27-34(31,32)16-17-8-5-4-6-9-17/h5-8,13,17H,3-4,9-12,15H2,1-2H3,(H,28,31);4-6,8-9,14,18H,3,7,10-13,16H2,1-2H3,(H,27,30). The van der Waals surface area contributed by atoms with Crippen molar-refractivity contribution in [2.45, 2.75) is 76.7 Å². The molecule has 18 nitrogen and oxygen atoms in total. The molecule has 2 saturated heterocycles. The van der Waals surface area contributed by atoms with Gasteiger partial charge in [-0.15, -0.1) is 0 Å². The van der Waals surface area contributed by atoms with Crippen LogP contribution in [-0.4, -0.2) is 90.6 Å². The van der Waals surface area contributed by atoms with Crippen LogP contribution in [0.5, 0.6) is 11.8 Å². The topological polar surface area (TPSA) is 259 Å². The molecule has 2 aliphatic rings. The van der Waals surface area contributed by atoms with Crippen LogP contribution in [0.1, 0.15) is 108 Å². The highest BCUT2D eigenvalue weighted by atomic mass is 35.5. The molecule has 2 aliphatic heterocycles. The largest absolute Gasteiger partial charge is 0.480 e. The highest BCUT2D eigenvalue weighted by molar-refractivity contribution is 7.89. The number of ketones is 2. The number of aromatic nitrogens is 2. The summed E-state index contributed by atoms with van der Waals surface area (Å²) in [5.41, 5.74) is 2.18. The number of carbonyl (C=O) groups excluding carboxylic acids is 4. The number of halogens is 1. The quantitative estimate of drug-likeness (QED) is 0.104. The minimum atomic E-state index is -3.86. The van der Waals surface area contributed by atoms with E-state index >= 15 is 0 Å². The molecule has 2 N–H and O–H groups in total. The zero-order valence-electron chi connectivity index (χ0n) is 38.9. The fraction of sp³-hybridized carbons (Fsp3) is 0.417. The number of nitriles is 2. The number of hydrogen-bond donors (Lipinski definition) is 2. The molecule has 4 heterocycles. The van der Waals surface area contributed by atoms with E-state index in [4.69, 9.17) is 21.1 Å². The smallest absolute Gasteiger partial charge is 0.239 e. The number of rotatable bonds is 18. The van der Waals surface area contributed by atoms with Crippen LogP contribution in [-0.2, 0) is 41.1 Å². The van der Waals surface area contributed by atoms with Crippen LogP contribution >= 0.6 is 11.6 Å². The zero-order valence-corrected chi connectivity index (χ0v) is 41.3. The molecular formula is C48H55ClN8O10S2. The second kappa shape index (κ2) is 24.6. The van der Waals surface area contributed by atoms with Crippen molar-refractivity contribution in [1.29, 1.82) is 10.5 Å². The van der Waals surface area contributed by atoms with E-state index in [9.17, 15) is 46.5 Å². The Morgan fingerprint density at radius 3 is 1.38 bits per heavy atom. The Hall–Kier alpha value is -6.61. The summed E-state index contributed by atoms with van der Waals surface area (Å²) in [6.07, 6.45) is 3.55. The van der Waals surface area contributed by atoms with Gasteiger partial charge in [-0.3, -0.25) is 28.6 Å². The fourth-order valence-corrected chi connectivity index (χ4v) is 10.4. The van der Waals surface area contributed by atoms with Crippen molar-refractivity contribution in [2.24, 2.45) is 11.8 Å². The predicted molar refractivity (Wildman–Crippen MR) is 259 cm³/mol. The van der Waals surface area contributed by atoms with Gasteiger partial charge in [-0.05, 0) is 73.9 Å². The zero-order chi connectivity index (χ0) is 50.3. The lowest BCUT2D eigenvalue weighted by Gasteiger charge is -2.32. The predicted octanol–water partition coefficient (Wildman–Crippen LogP) is 6.27. The third-order valence-electron chi connectivity index (χ3n) is 11.4. The van der Waals surface area contributed by atoms with E-state index in [1.54, 1.807) is 54.6 Å². The van der Waals surface area contributed by atoms with Gasteiger partial charge < -0.3 is 19.3 Å². The van der Waals surface area contributed by atoms with Gasteiger partial charge in [0.25, 0.3) is 0 Å². The summed E-state index contributed by atoms with van der Waals surface area (Å²) in [6, 6.07) is 22.2. The van der Waals surface area contributed by atoms with E-state index in [2.05, 4.69) is 31.6 Å². The Labute approximate surface area is 408 Å². The minimum Gasteiger partial charge on any atom is -0.480 e. The monoisotopic (exact) mass is 1000 g/mol. The van der Waals surface area contributed by atoms with Crippen LogP contribution in [0, 0.1) is 34.5 Å². The third-order valence-corrected chi connectivity index (χ3v) is 14.1. The Bertz CT molecular complexity index is 2800. The van der Waals surface area contributed by atoms with E-state index in [1.165, 1.54) is 26.4 Å². The molecule has 0 atom stereocenters. The molecule has 366 valence electrons. The lowest BCUT2D eigenvalue weighted by Crippen LogP contribution is -2.43. The van der Waals surface area contributed by atoms with Crippen molar-refractivity contribution in [2.75, 3.05) is 50.2 Å². The van der Waals surface area contributed by atoms with Crippen LogP contribution in [0.15, 0.2) is 66.7 Å². The molecule has 0 unspecified atom stereocenters. The van der Waals surface area contributed by atoms with Gasteiger partial charge in [0.05, 0.1) is 48.0 Å². The second-order valence-corrected chi connectivity index (χ2v) is 20.4. The summed E-state index contributed by atoms with van der Waals surface area (Å²) < 4.78 is 64.7. The first-order valence-electron chi connectivity index (χ1n) is 22.4. The van der Waals surface area contributed by atoms with Gasteiger partial charge in [0.1, 0.15) is 12.1 Å². The number of benzene rings is 2. The Balaban J connectivity index is 0.000000258. The molecule has 2 fully saturated rings. The van der Waals surface area contributed by atoms with E-state index in [1.807, 2.05) is 23.6 Å². The second-order valence-electron chi connectivity index (χ2n) is 16.5. The van der Waals surface area contributed by atoms with Gasteiger partial charge in [0.2, 0.25) is 43.6 Å². The maximum atomic E-state index is 12.7. The molecule has 2 amide bonds. The number of methoxy groups -OCH3 is 2. The number of anilines is 2. The number of amides is 2. The number of nitrogens with zero attached hydrogens (tertiary/aromatic N) is 6. The number of nitrogens with one attached hydrogen (secondary N) is 2. The van der Waals surface area contributed by atoms with E-state index in [0.717, 1.165) is 0 Å². The van der Waals surface area contributed by atoms with Crippen LogP contribution in [0.25, 0.3) is 0 Å². The number of sulfonamides is 2. The molecule has 0 spiro atoms. The van der Waals surface area contributed by atoms with Crippen LogP contribution in [0.2, 0.25) is 5.02 Å². The minimum absolute atomic E-state index is 0.137. The lowest BCUT2D eigenvalue weighted by atomic mass is 9.96. The summed E-state index contributed by atoms with van der Waals surface area (Å²) in [5, 5.41) is 19.8. The van der Waals surface area contributed by atoms with Crippen LogP contribution < -0.4 is 28.7 Å². The number of carbonyl (C=O) groups is 4. The number of ether oxygens (including phenoxy) is 2. The average molecular weight is 1000 g/mol. The normalized spacial score (nSPS) is 14.3. The molecule has 2 aromatic carbocycles. The maximum absolute atomic E-state index is 12.7. The maximum Gasteiger partial charge on any atom is 0.239 e. The molecule has 0 radical (unpaired) electrons. The molecule has 0 aliphatic carbocycles. The molecular weight excluding hydrogens is 948 g/mol. The summed E-state index contributed by atoms with van der Waals surface area (Å²) >= 11 is 5.83. The Kier molecular flexibility index (Phi) is 19.0. The summed E-state index contributed by atoms with van der Waals surface area (Å²) in [6.45, 7) is 5.38. The fourth-order valence-electron chi connectivity index (χ4n) is 7.90. The van der Waals surface area contributed by atoms with Crippen molar-refractivity contribution in [1.82, 2.24) is 19.4 Å². The molecule has 0 bridgehead atoms. The van der Waals surface area contributed by atoms with Crippen LogP contribution in [0.4, 0.5) is 11.6 Å². The summed E-state index contributed by atoms with van der Waals surface area (Å²) in [4.78, 5) is 62.6. The van der Waals surface area contributed by atoms with Crippen molar-refractivity contribution in [3.8, 4) is 23.9 Å². The van der Waals surface area contributed by atoms with E-state index in [0.29, 0.717) is 105 Å². The van der Waals surface area contributed by atoms with Crippen molar-refractivity contribution >= 4 is 66.7 Å². The van der Waals surface area contributed by atoms with Gasteiger partial charge in [-0.1, -0.05) is 67.9 Å². The van der Waals surface area contributed by atoms with Gasteiger partial charge in [-0.2, -0.15) is 20.5 Å². The number of piperidine rings is 2. The van der Waals surface area contributed by atoms with Crippen molar-refractivity contribution in [3.05, 3.63) is 105 Å². The molecule has 4 aromatic rings. The third kappa shape index (κ3) is 14.7. The molecule has 6 rings (SSSR count). The molecule has 21 heteroatoms. The van der Waals surface area contributed by atoms with Crippen LogP contribution in [0.3, 0.4) is 0 Å². The number of Topliss-reactive ketones (excluding diaryl/α,β-unsaturated/α-hetero) is 2. The Morgan fingerprint density at radius 2 is 1.03 bits per heavy atom. The first-order chi connectivity index (χ1) is 32.9. The lowest BCUT2D eigenvalue weighted by molar-refractivity contribution is -0.124. The van der Waals surface area contributed by atoms with Crippen molar-refractivity contribution < 1.29 is 45.5 Å². The SMILES string of the molecule is CCCC(=O)c1cc(C#N)c(N2CCC(C(=O)NS(=O)(=O)Cc3ccc(Cl)cc3)CC2)nc1OC.CCCC(=O)c1cc(C#N)c(N2CCC(C(=O)NS(=O)(=O)Cc3ccccc3)CC2)nc1OC. The van der Waals surface area contributed by atoms with E-state index in [-0.39, 0.29) is 57.1 Å². The van der Waals surface area contributed by atoms with E-state index < -0.39 is 43.7 Å². The average Bonchev–Trinajstić information content (AvgIpc) is 3.34. The van der Waals surface area contributed by atoms with Gasteiger partial charge in [0.15, 0.2) is 23.2 Å². The molecule has 69 heavy (non-hydrogen) atoms. The Morgan fingerprint density at radius 1 is 0.652 bits per heavy atom. The highest BCUT2D eigenvalue weighted by Gasteiger charge is 2.32. The molecule has 2 aromatic heterocycles. The first-order valence-corrected chi connectivity index (χ1v) is 26.0. The number of pyridine rings is 2. The first kappa shape index (κ1) is 53.3. The number of hydrogen-bond acceptors (Lipinski definition) is 16. The van der Waals surface area contributed by atoms with Gasteiger partial charge in [-0.25, -0.2) is 16.8 Å². The summed E-state index contributed by atoms with van der Waals surface area (Å²) in [7, 11) is -4.82. The highest BCUT2D eigenvalue weighted by Crippen LogP contribution is 2.32. The van der Waals surface area contributed by atoms with Gasteiger partial charge in [0, 0.05) is 55.9 Å². The molecule has 0 saturated carbocycles. The summed E-state index contributed by atoms with van der Waals surface area (Å²) in [5.74, 6) is -1.82. The van der Waals surface area contributed by atoms with Crippen molar-refractivity contribution in [3.63, 3.8) is 0 Å².